The molecule has 2 aromatic rings. The molecule has 1 fully saturated rings. The van der Waals surface area contributed by atoms with Gasteiger partial charge in [0.05, 0.1) is 12.0 Å². The topological polar surface area (TPSA) is 30.5 Å². The van der Waals surface area contributed by atoms with Crippen LogP contribution in [-0.4, -0.2) is 19.3 Å². The summed E-state index contributed by atoms with van der Waals surface area (Å²) in [6, 6.07) is 7.01. The number of halogens is 2. The molecule has 0 saturated heterocycles. The van der Waals surface area contributed by atoms with Crippen molar-refractivity contribution in [3.8, 4) is 11.5 Å². The van der Waals surface area contributed by atoms with E-state index in [0.29, 0.717) is 5.92 Å². The van der Waals surface area contributed by atoms with Crippen molar-refractivity contribution >= 4 is 23.7 Å². The van der Waals surface area contributed by atoms with Crippen LogP contribution in [0.4, 0.5) is 4.39 Å². The maximum absolute atomic E-state index is 13.8. The minimum absolute atomic E-state index is 0. The number of nitrogens with one attached hydrogen (secondary N) is 1. The van der Waals surface area contributed by atoms with E-state index in [0.717, 1.165) is 55.8 Å². The van der Waals surface area contributed by atoms with Crippen LogP contribution in [0.25, 0.3) is 0 Å². The Hall–Kier alpha value is -1.30. The molecule has 0 bridgehead atoms. The van der Waals surface area contributed by atoms with Gasteiger partial charge in [-0.1, -0.05) is 0 Å². The lowest BCUT2D eigenvalue weighted by Gasteiger charge is -2.40. The molecule has 1 saturated carbocycles. The van der Waals surface area contributed by atoms with E-state index >= 15 is 0 Å². The third-order valence-corrected chi connectivity index (χ3v) is 6.65. The van der Waals surface area contributed by atoms with Gasteiger partial charge in [-0.05, 0) is 80.6 Å². The molecule has 27 heavy (non-hydrogen) atoms. The van der Waals surface area contributed by atoms with E-state index in [9.17, 15) is 4.39 Å². The highest BCUT2D eigenvalue weighted by Crippen LogP contribution is 2.49. The monoisotopic (exact) mass is 411 g/mol. The minimum atomic E-state index is -0.170. The van der Waals surface area contributed by atoms with Gasteiger partial charge in [0.15, 0.2) is 0 Å². The lowest BCUT2D eigenvalue weighted by atomic mass is 9.80. The Labute approximate surface area is 170 Å². The van der Waals surface area contributed by atoms with E-state index in [1.165, 1.54) is 23.8 Å². The Kier molecular flexibility index (Phi) is 6.66. The van der Waals surface area contributed by atoms with Crippen LogP contribution in [0.15, 0.2) is 29.6 Å². The van der Waals surface area contributed by atoms with Gasteiger partial charge in [0.25, 0.3) is 0 Å². The van der Waals surface area contributed by atoms with Crippen molar-refractivity contribution in [3.63, 3.8) is 0 Å². The molecule has 4 rings (SSSR count). The smallest absolute Gasteiger partial charge is 0.134 e. The first-order chi connectivity index (χ1) is 12.7. The number of thiophene rings is 1. The largest absolute Gasteiger partial charge is 0.496 e. The third kappa shape index (κ3) is 4.41. The van der Waals surface area contributed by atoms with Crippen LogP contribution in [0.2, 0.25) is 0 Å². The number of ether oxygens (including phenoxy) is 2. The Balaban J connectivity index is 0.00000210. The average molecular weight is 412 g/mol. The second kappa shape index (κ2) is 8.80. The Morgan fingerprint density at radius 2 is 2.11 bits per heavy atom. The molecule has 0 amide bonds. The van der Waals surface area contributed by atoms with Crippen LogP contribution in [0.3, 0.4) is 0 Å². The van der Waals surface area contributed by atoms with Gasteiger partial charge in [-0.3, -0.25) is 0 Å². The summed E-state index contributed by atoms with van der Waals surface area (Å²) < 4.78 is 25.5. The third-order valence-electron chi connectivity index (χ3n) is 5.75. The Morgan fingerprint density at radius 3 is 2.89 bits per heavy atom. The van der Waals surface area contributed by atoms with Crippen LogP contribution in [0.1, 0.15) is 54.9 Å². The quantitative estimate of drug-likeness (QED) is 0.620. The summed E-state index contributed by atoms with van der Waals surface area (Å²) in [7, 11) is 1.71. The molecule has 1 atom stereocenters. The molecule has 148 valence electrons. The number of hydrogen-bond donors (Lipinski definition) is 1. The second-order valence-corrected chi connectivity index (χ2v) is 8.45. The zero-order chi connectivity index (χ0) is 18.0. The summed E-state index contributed by atoms with van der Waals surface area (Å²) in [5.74, 6) is 2.02. The fraction of sp³-hybridized carbons (Fsp3) is 0.524. The zero-order valence-electron chi connectivity index (χ0n) is 15.6. The highest BCUT2D eigenvalue weighted by Gasteiger charge is 2.42. The Bertz CT molecular complexity index is 760. The van der Waals surface area contributed by atoms with Crippen LogP contribution >= 0.6 is 23.7 Å². The molecular weight excluding hydrogens is 385 g/mol. The van der Waals surface area contributed by atoms with Crippen LogP contribution < -0.4 is 14.8 Å². The summed E-state index contributed by atoms with van der Waals surface area (Å²) in [5.41, 5.74) is 1.02. The average Bonchev–Trinajstić information content (AvgIpc) is 3.28. The van der Waals surface area contributed by atoms with Crippen molar-refractivity contribution in [1.82, 2.24) is 5.32 Å². The summed E-state index contributed by atoms with van der Waals surface area (Å²) >= 11 is 1.71. The standard InChI is InChI=1S/C21H26FNO2S.ClH/c1-24-19-7-11-26-20(19)14-23-10-6-15-13-21(8-2-3-9-21)25-18-5-4-16(22)12-17(15)18;/h4-5,7,11-12,15,23H,2-3,6,8-10,13-14H2,1H3;1H. The van der Waals surface area contributed by atoms with E-state index in [-0.39, 0.29) is 23.8 Å². The maximum Gasteiger partial charge on any atom is 0.134 e. The van der Waals surface area contributed by atoms with Crippen molar-refractivity contribution in [3.05, 3.63) is 45.9 Å². The van der Waals surface area contributed by atoms with Gasteiger partial charge in [-0.25, -0.2) is 4.39 Å². The minimum Gasteiger partial charge on any atom is -0.496 e. The summed E-state index contributed by atoms with van der Waals surface area (Å²) in [6.45, 7) is 1.71. The van der Waals surface area contributed by atoms with Crippen LogP contribution in [-0.2, 0) is 6.54 Å². The molecule has 3 nitrogen and oxygen atoms in total. The fourth-order valence-corrected chi connectivity index (χ4v) is 5.27. The molecule has 6 heteroatoms. The van der Waals surface area contributed by atoms with Gasteiger partial charge >= 0.3 is 0 Å². The highest BCUT2D eigenvalue weighted by molar-refractivity contribution is 7.10. The van der Waals surface area contributed by atoms with Crippen molar-refractivity contribution in [1.29, 1.82) is 0 Å². The van der Waals surface area contributed by atoms with E-state index in [1.807, 2.05) is 12.1 Å². The molecule has 1 aromatic heterocycles. The molecule has 1 aliphatic heterocycles. The van der Waals surface area contributed by atoms with E-state index in [1.54, 1.807) is 24.5 Å². The lowest BCUT2D eigenvalue weighted by Crippen LogP contribution is -2.39. The molecule has 1 aromatic carbocycles. The Morgan fingerprint density at radius 1 is 1.30 bits per heavy atom. The molecular formula is C21H27ClFNO2S. The number of hydrogen-bond acceptors (Lipinski definition) is 4. The SMILES string of the molecule is COc1ccsc1CNCCC1CC2(CCCC2)Oc2ccc(F)cc21.Cl. The van der Waals surface area contributed by atoms with Crippen molar-refractivity contribution < 1.29 is 13.9 Å². The molecule has 0 radical (unpaired) electrons. The molecule has 2 heterocycles. The van der Waals surface area contributed by atoms with Crippen molar-refractivity contribution in [2.24, 2.45) is 0 Å². The number of methoxy groups -OCH3 is 1. The molecule has 2 aliphatic rings. The van der Waals surface area contributed by atoms with Gasteiger partial charge in [-0.15, -0.1) is 23.7 Å². The first kappa shape index (κ1) is 20.4. The number of benzene rings is 1. The summed E-state index contributed by atoms with van der Waals surface area (Å²) in [5, 5.41) is 5.58. The first-order valence-corrected chi connectivity index (χ1v) is 10.4. The molecule has 1 aliphatic carbocycles. The highest BCUT2D eigenvalue weighted by atomic mass is 35.5. The van der Waals surface area contributed by atoms with Crippen molar-refractivity contribution in [2.45, 2.75) is 56.6 Å². The summed E-state index contributed by atoms with van der Waals surface area (Å²) in [6.07, 6.45) is 6.72. The van der Waals surface area contributed by atoms with Gasteiger partial charge in [0, 0.05) is 12.1 Å². The van der Waals surface area contributed by atoms with E-state index in [2.05, 4.69) is 10.7 Å². The predicted molar refractivity (Wildman–Crippen MR) is 110 cm³/mol. The number of rotatable bonds is 6. The number of fused-ring (bicyclic) bond motifs is 1. The van der Waals surface area contributed by atoms with Crippen LogP contribution in [0.5, 0.6) is 11.5 Å². The van der Waals surface area contributed by atoms with Gasteiger partial charge in [0.1, 0.15) is 22.9 Å². The second-order valence-electron chi connectivity index (χ2n) is 7.45. The molecule has 1 N–H and O–H groups in total. The zero-order valence-corrected chi connectivity index (χ0v) is 17.3. The fourth-order valence-electron chi connectivity index (χ4n) is 4.47. The van der Waals surface area contributed by atoms with E-state index < -0.39 is 0 Å². The summed E-state index contributed by atoms with van der Waals surface area (Å²) in [4.78, 5) is 1.22. The van der Waals surface area contributed by atoms with Gasteiger partial charge < -0.3 is 14.8 Å². The molecule has 1 unspecified atom stereocenters. The first-order valence-electron chi connectivity index (χ1n) is 9.49. The lowest BCUT2D eigenvalue weighted by molar-refractivity contribution is 0.0404. The van der Waals surface area contributed by atoms with Gasteiger partial charge in [0.2, 0.25) is 0 Å². The van der Waals surface area contributed by atoms with Gasteiger partial charge in [-0.2, -0.15) is 0 Å². The predicted octanol–water partition coefficient (Wildman–Crippen LogP) is 5.68. The van der Waals surface area contributed by atoms with E-state index in [4.69, 9.17) is 9.47 Å². The van der Waals surface area contributed by atoms with Crippen LogP contribution in [0, 0.1) is 5.82 Å². The normalized spacial score (nSPS) is 20.0. The molecule has 1 spiro atoms. The van der Waals surface area contributed by atoms with Crippen molar-refractivity contribution in [2.75, 3.05) is 13.7 Å². The maximum atomic E-state index is 13.8.